The number of fused-ring (bicyclic) bond motifs is 1. The molecule has 6 nitrogen and oxygen atoms in total. The Morgan fingerprint density at radius 2 is 2.00 bits per heavy atom. The van der Waals surface area contributed by atoms with E-state index in [4.69, 9.17) is 4.74 Å². The SMILES string of the molecule is CCn1cc(C(=O)N2C[C@@H]3CN(C)[C@@H](c4ccc(OC)cc4)[C@@H]3C2)cn1. The van der Waals surface area contributed by atoms with Crippen molar-refractivity contribution in [2.45, 2.75) is 19.5 Å². The van der Waals surface area contributed by atoms with E-state index in [2.05, 4.69) is 29.2 Å². The molecule has 6 heteroatoms. The van der Waals surface area contributed by atoms with Gasteiger partial charge in [-0.05, 0) is 37.6 Å². The molecule has 2 aliphatic rings. The van der Waals surface area contributed by atoms with E-state index in [-0.39, 0.29) is 5.91 Å². The van der Waals surface area contributed by atoms with Crippen LogP contribution in [0.5, 0.6) is 5.75 Å². The van der Waals surface area contributed by atoms with Crippen molar-refractivity contribution >= 4 is 5.91 Å². The number of methoxy groups -OCH3 is 1. The zero-order chi connectivity index (χ0) is 18.3. The van der Waals surface area contributed by atoms with Gasteiger partial charge in [-0.15, -0.1) is 0 Å². The van der Waals surface area contributed by atoms with Crippen LogP contribution in [0.1, 0.15) is 28.9 Å². The molecule has 0 bridgehead atoms. The number of hydrogen-bond acceptors (Lipinski definition) is 4. The first-order valence-electron chi connectivity index (χ1n) is 9.26. The van der Waals surface area contributed by atoms with Crippen LogP contribution in [0.2, 0.25) is 0 Å². The van der Waals surface area contributed by atoms with E-state index in [1.165, 1.54) is 5.56 Å². The maximum absolute atomic E-state index is 12.9. The molecule has 0 spiro atoms. The van der Waals surface area contributed by atoms with E-state index >= 15 is 0 Å². The fourth-order valence-electron chi connectivity index (χ4n) is 4.56. The van der Waals surface area contributed by atoms with Crippen molar-refractivity contribution in [2.75, 3.05) is 33.8 Å². The van der Waals surface area contributed by atoms with Crippen LogP contribution in [-0.4, -0.2) is 59.3 Å². The van der Waals surface area contributed by atoms with E-state index in [0.717, 1.165) is 31.9 Å². The Bertz CT molecular complexity index is 785. The lowest BCUT2D eigenvalue weighted by atomic mass is 9.89. The Labute approximate surface area is 154 Å². The van der Waals surface area contributed by atoms with Gasteiger partial charge in [0.05, 0.1) is 18.9 Å². The van der Waals surface area contributed by atoms with Crippen molar-refractivity contribution in [3.8, 4) is 5.75 Å². The topological polar surface area (TPSA) is 50.6 Å². The number of hydrogen-bond donors (Lipinski definition) is 0. The zero-order valence-corrected chi connectivity index (χ0v) is 15.6. The van der Waals surface area contributed by atoms with E-state index in [0.29, 0.717) is 23.4 Å². The normalized spacial score (nSPS) is 25.5. The standard InChI is InChI=1S/C20H26N4O2/c1-4-24-12-15(9-21-24)20(25)23-11-16-10-22(2)19(18(16)13-23)14-5-7-17(26-3)8-6-14/h5-9,12,16,18-19H,4,10-11,13H2,1-3H3/t16-,18+,19-/m0/s1. The van der Waals surface area contributed by atoms with E-state index in [1.54, 1.807) is 18.0 Å². The number of carbonyl (C=O) groups is 1. The number of carbonyl (C=O) groups excluding carboxylic acids is 1. The molecule has 1 aromatic heterocycles. The molecule has 2 fully saturated rings. The Balaban J connectivity index is 1.51. The molecule has 4 rings (SSSR count). The van der Waals surface area contributed by atoms with Crippen LogP contribution in [0.15, 0.2) is 36.7 Å². The molecule has 138 valence electrons. The molecular formula is C20H26N4O2. The van der Waals surface area contributed by atoms with Crippen molar-refractivity contribution in [3.63, 3.8) is 0 Å². The molecule has 1 amide bonds. The number of ether oxygens (including phenoxy) is 1. The summed E-state index contributed by atoms with van der Waals surface area (Å²) in [6, 6.07) is 8.69. The average molecular weight is 354 g/mol. The second-order valence-corrected chi connectivity index (χ2v) is 7.38. The number of aryl methyl sites for hydroxylation is 1. The molecule has 2 aromatic rings. The van der Waals surface area contributed by atoms with Gasteiger partial charge in [-0.25, -0.2) is 0 Å². The number of aromatic nitrogens is 2. The molecule has 0 N–H and O–H groups in total. The second-order valence-electron chi connectivity index (χ2n) is 7.38. The lowest BCUT2D eigenvalue weighted by molar-refractivity contribution is 0.0767. The smallest absolute Gasteiger partial charge is 0.257 e. The number of nitrogens with zero attached hydrogens (tertiary/aromatic N) is 4. The zero-order valence-electron chi connectivity index (χ0n) is 15.6. The third-order valence-electron chi connectivity index (χ3n) is 5.84. The second kappa shape index (κ2) is 6.76. The highest BCUT2D eigenvalue weighted by atomic mass is 16.5. The molecule has 1 aromatic carbocycles. The molecule has 0 saturated carbocycles. The minimum atomic E-state index is 0.107. The summed E-state index contributed by atoms with van der Waals surface area (Å²) in [6.07, 6.45) is 3.54. The van der Waals surface area contributed by atoms with Crippen LogP contribution in [0.25, 0.3) is 0 Å². The highest BCUT2D eigenvalue weighted by molar-refractivity contribution is 5.94. The summed E-state index contributed by atoms with van der Waals surface area (Å²) in [6.45, 7) is 5.47. The van der Waals surface area contributed by atoms with Gasteiger partial charge < -0.3 is 9.64 Å². The van der Waals surface area contributed by atoms with Crippen LogP contribution in [-0.2, 0) is 6.54 Å². The number of amides is 1. The summed E-state index contributed by atoms with van der Waals surface area (Å²) in [5.74, 6) is 1.98. The summed E-state index contributed by atoms with van der Waals surface area (Å²) in [7, 11) is 3.87. The first-order chi connectivity index (χ1) is 12.6. The monoisotopic (exact) mass is 354 g/mol. The first-order valence-corrected chi connectivity index (χ1v) is 9.26. The Morgan fingerprint density at radius 3 is 2.65 bits per heavy atom. The summed E-state index contributed by atoms with van der Waals surface area (Å²) in [4.78, 5) is 17.3. The molecule has 2 aliphatic heterocycles. The molecular weight excluding hydrogens is 328 g/mol. The van der Waals surface area contributed by atoms with E-state index in [9.17, 15) is 4.79 Å². The number of rotatable bonds is 4. The van der Waals surface area contributed by atoms with E-state index in [1.807, 2.05) is 30.2 Å². The lowest BCUT2D eigenvalue weighted by Crippen LogP contribution is -2.33. The quantitative estimate of drug-likeness (QED) is 0.845. The fraction of sp³-hybridized carbons (Fsp3) is 0.500. The summed E-state index contributed by atoms with van der Waals surface area (Å²) >= 11 is 0. The Kier molecular flexibility index (Phi) is 4.44. The van der Waals surface area contributed by atoms with Gasteiger partial charge in [-0.3, -0.25) is 14.4 Å². The molecule has 0 radical (unpaired) electrons. The highest BCUT2D eigenvalue weighted by Gasteiger charge is 2.47. The number of likely N-dealkylation sites (tertiary alicyclic amines) is 2. The largest absolute Gasteiger partial charge is 0.497 e. The van der Waals surface area contributed by atoms with Gasteiger partial charge in [0.1, 0.15) is 5.75 Å². The van der Waals surface area contributed by atoms with Crippen LogP contribution in [0, 0.1) is 11.8 Å². The molecule has 2 saturated heterocycles. The maximum atomic E-state index is 12.9. The minimum absolute atomic E-state index is 0.107. The van der Waals surface area contributed by atoms with Crippen LogP contribution >= 0.6 is 0 Å². The summed E-state index contributed by atoms with van der Waals surface area (Å²) in [5, 5.41) is 4.24. The third kappa shape index (κ3) is 2.88. The summed E-state index contributed by atoms with van der Waals surface area (Å²) < 4.78 is 7.08. The van der Waals surface area contributed by atoms with Gasteiger partial charge in [0.15, 0.2) is 0 Å². The van der Waals surface area contributed by atoms with Gasteiger partial charge in [0.25, 0.3) is 5.91 Å². The maximum Gasteiger partial charge on any atom is 0.257 e. The molecule has 3 heterocycles. The van der Waals surface area contributed by atoms with Crippen molar-refractivity contribution in [2.24, 2.45) is 11.8 Å². The van der Waals surface area contributed by atoms with Gasteiger partial charge >= 0.3 is 0 Å². The van der Waals surface area contributed by atoms with Crippen LogP contribution in [0.3, 0.4) is 0 Å². The van der Waals surface area contributed by atoms with Crippen molar-refractivity contribution < 1.29 is 9.53 Å². The minimum Gasteiger partial charge on any atom is -0.497 e. The van der Waals surface area contributed by atoms with E-state index < -0.39 is 0 Å². The van der Waals surface area contributed by atoms with Crippen molar-refractivity contribution in [1.29, 1.82) is 0 Å². The highest BCUT2D eigenvalue weighted by Crippen LogP contribution is 2.44. The Morgan fingerprint density at radius 1 is 1.23 bits per heavy atom. The first kappa shape index (κ1) is 17.1. The van der Waals surface area contributed by atoms with Crippen molar-refractivity contribution in [1.82, 2.24) is 19.6 Å². The van der Waals surface area contributed by atoms with Gasteiger partial charge in [0.2, 0.25) is 0 Å². The predicted octanol–water partition coefficient (Wildman–Crippen LogP) is 2.29. The Hall–Kier alpha value is -2.34. The van der Waals surface area contributed by atoms with Gasteiger partial charge in [0, 0.05) is 44.3 Å². The molecule has 0 unspecified atom stereocenters. The summed E-state index contributed by atoms with van der Waals surface area (Å²) in [5.41, 5.74) is 2.00. The fourth-order valence-corrected chi connectivity index (χ4v) is 4.56. The van der Waals surface area contributed by atoms with Gasteiger partial charge in [-0.2, -0.15) is 5.10 Å². The van der Waals surface area contributed by atoms with Crippen LogP contribution in [0.4, 0.5) is 0 Å². The molecule has 26 heavy (non-hydrogen) atoms. The average Bonchev–Trinajstić information content (AvgIpc) is 3.35. The molecule has 3 atom stereocenters. The van der Waals surface area contributed by atoms with Crippen LogP contribution < -0.4 is 4.74 Å². The van der Waals surface area contributed by atoms with Crippen molar-refractivity contribution in [3.05, 3.63) is 47.8 Å². The lowest BCUT2D eigenvalue weighted by Gasteiger charge is -2.27. The van der Waals surface area contributed by atoms with Gasteiger partial charge in [-0.1, -0.05) is 12.1 Å². The third-order valence-corrected chi connectivity index (χ3v) is 5.84. The molecule has 0 aliphatic carbocycles. The predicted molar refractivity (Wildman–Crippen MR) is 99.1 cm³/mol. The number of benzene rings is 1.